The van der Waals surface area contributed by atoms with Gasteiger partial charge in [0.05, 0.1) is 24.7 Å². The molecule has 0 aliphatic rings. The fraction of sp³-hybridized carbons (Fsp3) is 0.385. The van der Waals surface area contributed by atoms with Crippen LogP contribution < -0.4 is 4.90 Å². The third-order valence-electron chi connectivity index (χ3n) is 2.64. The van der Waals surface area contributed by atoms with Crippen molar-refractivity contribution in [3.8, 4) is 6.07 Å². The molecule has 0 amide bonds. The van der Waals surface area contributed by atoms with Crippen molar-refractivity contribution in [2.75, 3.05) is 31.7 Å². The summed E-state index contributed by atoms with van der Waals surface area (Å²) in [6.45, 7) is 0.545. The lowest BCUT2D eigenvalue weighted by molar-refractivity contribution is 0.0695. The molecule has 0 atom stereocenters. The van der Waals surface area contributed by atoms with Gasteiger partial charge in [0.25, 0.3) is 0 Å². The maximum absolute atomic E-state index is 13.9. The van der Waals surface area contributed by atoms with Crippen LogP contribution in [-0.2, 0) is 4.74 Å². The zero-order valence-corrected chi connectivity index (χ0v) is 10.9. The summed E-state index contributed by atoms with van der Waals surface area (Å²) < 4.78 is 32.7. The third-order valence-corrected chi connectivity index (χ3v) is 2.64. The zero-order valence-electron chi connectivity index (χ0n) is 10.9. The molecule has 1 rings (SSSR count). The summed E-state index contributed by atoms with van der Waals surface area (Å²) in [6.07, 6.45) is 0.0866. The summed E-state index contributed by atoms with van der Waals surface area (Å²) in [7, 11) is 1.45. The van der Waals surface area contributed by atoms with Gasteiger partial charge in [-0.15, -0.1) is 0 Å². The first kappa shape index (κ1) is 15.9. The second-order valence-electron chi connectivity index (χ2n) is 3.98. The monoisotopic (exact) mass is 284 g/mol. The largest absolute Gasteiger partial charge is 0.478 e. The molecular formula is C13H14F2N2O3. The van der Waals surface area contributed by atoms with Gasteiger partial charge in [0.2, 0.25) is 0 Å². The van der Waals surface area contributed by atoms with Gasteiger partial charge in [-0.25, -0.2) is 13.6 Å². The van der Waals surface area contributed by atoms with E-state index in [0.29, 0.717) is 0 Å². The highest BCUT2D eigenvalue weighted by Crippen LogP contribution is 2.25. The number of hydrogen-bond acceptors (Lipinski definition) is 4. The first-order chi connectivity index (χ1) is 9.51. The van der Waals surface area contributed by atoms with Crippen molar-refractivity contribution in [3.63, 3.8) is 0 Å². The number of carboxylic acid groups (broad SMARTS) is 1. The molecule has 1 aromatic rings. The van der Waals surface area contributed by atoms with Crippen LogP contribution in [0.5, 0.6) is 0 Å². The molecule has 0 unspecified atom stereocenters. The molecule has 0 aromatic heterocycles. The minimum Gasteiger partial charge on any atom is -0.478 e. The fourth-order valence-electron chi connectivity index (χ4n) is 1.71. The number of halogens is 2. The second-order valence-corrected chi connectivity index (χ2v) is 3.98. The van der Waals surface area contributed by atoms with E-state index in [-0.39, 0.29) is 31.8 Å². The normalized spacial score (nSPS) is 10.1. The lowest BCUT2D eigenvalue weighted by Crippen LogP contribution is -2.30. The molecule has 0 spiro atoms. The molecule has 5 nitrogen and oxygen atoms in total. The minimum atomic E-state index is -1.41. The molecule has 20 heavy (non-hydrogen) atoms. The molecule has 0 saturated carbocycles. The first-order valence-electron chi connectivity index (χ1n) is 5.84. The highest BCUT2D eigenvalue weighted by Gasteiger charge is 2.19. The third kappa shape index (κ3) is 3.90. The van der Waals surface area contributed by atoms with Gasteiger partial charge in [0.15, 0.2) is 0 Å². The Morgan fingerprint density at radius 1 is 1.40 bits per heavy atom. The Morgan fingerprint density at radius 2 is 2.00 bits per heavy atom. The Kier molecular flexibility index (Phi) is 5.87. The number of ether oxygens (including phenoxy) is 1. The summed E-state index contributed by atoms with van der Waals surface area (Å²) >= 11 is 0. The van der Waals surface area contributed by atoms with Gasteiger partial charge in [0, 0.05) is 20.2 Å². The van der Waals surface area contributed by atoms with Crippen LogP contribution in [0.3, 0.4) is 0 Å². The maximum Gasteiger partial charge on any atom is 0.335 e. The van der Waals surface area contributed by atoms with Crippen LogP contribution in [0.4, 0.5) is 14.5 Å². The lowest BCUT2D eigenvalue weighted by Gasteiger charge is -2.24. The summed E-state index contributed by atoms with van der Waals surface area (Å²) in [5.74, 6) is -3.36. The molecule has 0 saturated heterocycles. The summed E-state index contributed by atoms with van der Waals surface area (Å²) in [5, 5.41) is 17.3. The Labute approximate surface area is 115 Å². The number of carboxylic acids is 1. The van der Waals surface area contributed by atoms with E-state index in [1.54, 1.807) is 0 Å². The van der Waals surface area contributed by atoms with Gasteiger partial charge in [-0.05, 0) is 12.1 Å². The van der Waals surface area contributed by atoms with E-state index < -0.39 is 23.2 Å². The summed E-state index contributed by atoms with van der Waals surface area (Å²) in [4.78, 5) is 12.0. The Bertz CT molecular complexity index is 506. The van der Waals surface area contributed by atoms with Crippen LogP contribution in [0.2, 0.25) is 0 Å². The highest BCUT2D eigenvalue weighted by molar-refractivity contribution is 5.88. The number of benzene rings is 1. The first-order valence-corrected chi connectivity index (χ1v) is 5.84. The smallest absolute Gasteiger partial charge is 0.335 e. The van der Waals surface area contributed by atoms with Gasteiger partial charge in [-0.3, -0.25) is 0 Å². The van der Waals surface area contributed by atoms with E-state index in [0.717, 1.165) is 12.1 Å². The molecule has 0 heterocycles. The van der Waals surface area contributed by atoms with Crippen molar-refractivity contribution in [2.45, 2.75) is 6.42 Å². The zero-order chi connectivity index (χ0) is 15.1. The number of nitriles is 1. The Hall–Kier alpha value is -2.20. The maximum atomic E-state index is 13.9. The number of rotatable bonds is 7. The van der Waals surface area contributed by atoms with Crippen LogP contribution in [0.25, 0.3) is 0 Å². The van der Waals surface area contributed by atoms with E-state index in [1.807, 2.05) is 6.07 Å². The van der Waals surface area contributed by atoms with Crippen LogP contribution in [-0.4, -0.2) is 37.9 Å². The van der Waals surface area contributed by atoms with Crippen molar-refractivity contribution in [3.05, 3.63) is 29.3 Å². The molecular weight excluding hydrogens is 270 g/mol. The number of aromatic carboxylic acids is 1. The highest BCUT2D eigenvalue weighted by atomic mass is 19.1. The Morgan fingerprint density at radius 3 is 2.45 bits per heavy atom. The predicted octanol–water partition coefficient (Wildman–Crippen LogP) is 2.03. The minimum absolute atomic E-state index is 0.0866. The SMILES string of the molecule is COCCN(CCC#N)c1c(F)cc(C(=O)O)cc1F. The van der Waals surface area contributed by atoms with Crippen molar-refractivity contribution in [2.24, 2.45) is 0 Å². The van der Waals surface area contributed by atoms with E-state index in [4.69, 9.17) is 15.1 Å². The van der Waals surface area contributed by atoms with Crippen LogP contribution in [0.15, 0.2) is 12.1 Å². The number of anilines is 1. The van der Waals surface area contributed by atoms with Crippen molar-refractivity contribution in [1.29, 1.82) is 5.26 Å². The molecule has 0 bridgehead atoms. The van der Waals surface area contributed by atoms with E-state index >= 15 is 0 Å². The van der Waals surface area contributed by atoms with Crippen molar-refractivity contribution in [1.82, 2.24) is 0 Å². The Balaban J connectivity index is 3.12. The van der Waals surface area contributed by atoms with E-state index in [1.165, 1.54) is 12.0 Å². The average Bonchev–Trinajstić information content (AvgIpc) is 2.40. The molecule has 1 N–H and O–H groups in total. The molecule has 0 aliphatic carbocycles. The van der Waals surface area contributed by atoms with E-state index in [2.05, 4.69) is 0 Å². The standard InChI is InChI=1S/C13H14F2N2O3/c1-20-6-5-17(4-2-3-16)12-10(14)7-9(13(18)19)8-11(12)15/h7-8H,2,4-6H2,1H3,(H,18,19). The van der Waals surface area contributed by atoms with Gasteiger partial charge >= 0.3 is 5.97 Å². The molecule has 0 fully saturated rings. The molecule has 0 aliphatic heterocycles. The van der Waals surface area contributed by atoms with Gasteiger partial charge < -0.3 is 14.7 Å². The second kappa shape index (κ2) is 7.40. The molecule has 0 radical (unpaired) electrons. The quantitative estimate of drug-likeness (QED) is 0.829. The van der Waals surface area contributed by atoms with Crippen LogP contribution in [0, 0.1) is 23.0 Å². The average molecular weight is 284 g/mol. The molecule has 108 valence electrons. The summed E-state index contributed by atoms with van der Waals surface area (Å²) in [6, 6.07) is 3.41. The van der Waals surface area contributed by atoms with Gasteiger partial charge in [-0.1, -0.05) is 0 Å². The predicted molar refractivity (Wildman–Crippen MR) is 67.6 cm³/mol. The van der Waals surface area contributed by atoms with Crippen molar-refractivity contribution < 1.29 is 23.4 Å². The number of nitrogens with zero attached hydrogens (tertiary/aromatic N) is 2. The van der Waals surface area contributed by atoms with Gasteiger partial charge in [-0.2, -0.15) is 5.26 Å². The number of hydrogen-bond donors (Lipinski definition) is 1. The molecule has 1 aromatic carbocycles. The molecule has 7 heteroatoms. The number of methoxy groups -OCH3 is 1. The van der Waals surface area contributed by atoms with Gasteiger partial charge in [0.1, 0.15) is 17.3 Å². The topological polar surface area (TPSA) is 73.6 Å². The number of carbonyl (C=O) groups is 1. The van der Waals surface area contributed by atoms with Crippen molar-refractivity contribution >= 4 is 11.7 Å². The van der Waals surface area contributed by atoms with Crippen LogP contribution >= 0.6 is 0 Å². The lowest BCUT2D eigenvalue weighted by atomic mass is 10.1. The fourth-order valence-corrected chi connectivity index (χ4v) is 1.71. The summed E-state index contributed by atoms with van der Waals surface area (Å²) in [5.41, 5.74) is -0.807. The van der Waals surface area contributed by atoms with E-state index in [9.17, 15) is 13.6 Å². The van der Waals surface area contributed by atoms with Crippen LogP contribution in [0.1, 0.15) is 16.8 Å².